The predicted molar refractivity (Wildman–Crippen MR) is 71.1 cm³/mol. The molecule has 0 amide bonds. The molecular weight excluding hydrogens is 212 g/mol. The van der Waals surface area contributed by atoms with Gasteiger partial charge in [-0.15, -0.1) is 0 Å². The smallest absolute Gasteiger partial charge is 0.142 e. The lowest BCUT2D eigenvalue weighted by Gasteiger charge is -2.26. The molecule has 0 radical (unpaired) electrons. The van der Waals surface area contributed by atoms with Gasteiger partial charge >= 0.3 is 0 Å². The number of hydrogen-bond donors (Lipinski definition) is 2. The molecule has 1 aromatic heterocycles. The number of hydrogen-bond acceptors (Lipinski definition) is 3. The normalized spacial score (nSPS) is 11.1. The molecule has 1 heterocycles. The van der Waals surface area contributed by atoms with E-state index in [1.165, 1.54) is 0 Å². The summed E-state index contributed by atoms with van der Waals surface area (Å²) in [6.07, 6.45) is 2.80. The maximum absolute atomic E-state index is 7.53. The molecule has 0 aliphatic carbocycles. The number of nitrogens with zero attached hydrogens (tertiary/aromatic N) is 2. The Morgan fingerprint density at radius 1 is 1.53 bits per heavy atom. The van der Waals surface area contributed by atoms with Crippen molar-refractivity contribution in [3.05, 3.63) is 29.6 Å². The van der Waals surface area contributed by atoms with E-state index in [4.69, 9.17) is 11.1 Å². The predicted octanol–water partition coefficient (Wildman–Crippen LogP) is 1.99. The van der Waals surface area contributed by atoms with E-state index in [2.05, 4.69) is 30.7 Å². The van der Waals surface area contributed by atoms with E-state index in [0.29, 0.717) is 11.7 Å². The lowest BCUT2D eigenvalue weighted by molar-refractivity contribution is 0.213. The fourth-order valence-electron chi connectivity index (χ4n) is 1.83. The Balaban J connectivity index is 2.88. The summed E-state index contributed by atoms with van der Waals surface area (Å²) >= 11 is 0. The molecule has 4 heteroatoms. The van der Waals surface area contributed by atoms with Crippen molar-refractivity contribution < 1.29 is 0 Å². The molecule has 1 rings (SSSR count). The van der Waals surface area contributed by atoms with E-state index in [1.54, 1.807) is 6.20 Å². The van der Waals surface area contributed by atoms with Crippen LogP contribution >= 0.6 is 0 Å². The molecule has 1 aromatic rings. The summed E-state index contributed by atoms with van der Waals surface area (Å²) in [7, 11) is 0. The van der Waals surface area contributed by atoms with Gasteiger partial charge in [0.1, 0.15) is 11.5 Å². The van der Waals surface area contributed by atoms with E-state index >= 15 is 0 Å². The molecule has 0 aliphatic heterocycles. The Morgan fingerprint density at radius 3 is 2.76 bits per heavy atom. The number of rotatable bonds is 6. The summed E-state index contributed by atoms with van der Waals surface area (Å²) in [6.45, 7) is 8.38. The highest BCUT2D eigenvalue weighted by molar-refractivity contribution is 5.94. The van der Waals surface area contributed by atoms with Crippen molar-refractivity contribution >= 4 is 5.84 Å². The van der Waals surface area contributed by atoms with Crippen molar-refractivity contribution in [2.24, 2.45) is 5.73 Å². The van der Waals surface area contributed by atoms with Crippen LogP contribution in [0.15, 0.2) is 18.3 Å². The number of nitrogens with one attached hydrogen (secondary N) is 1. The summed E-state index contributed by atoms with van der Waals surface area (Å²) in [4.78, 5) is 6.54. The van der Waals surface area contributed by atoms with E-state index < -0.39 is 0 Å². The van der Waals surface area contributed by atoms with E-state index in [1.807, 2.05) is 12.1 Å². The maximum atomic E-state index is 7.53. The summed E-state index contributed by atoms with van der Waals surface area (Å²) < 4.78 is 0. The Bertz CT molecular complexity index is 373. The van der Waals surface area contributed by atoms with Crippen LogP contribution in [0.1, 0.15) is 38.4 Å². The SMILES string of the molecule is CCCN(Cc1cccnc1C(=N)N)C(C)C. The number of pyridine rings is 1. The van der Waals surface area contributed by atoms with Crippen LogP contribution in [0.5, 0.6) is 0 Å². The minimum Gasteiger partial charge on any atom is -0.382 e. The molecule has 4 nitrogen and oxygen atoms in total. The first-order valence-corrected chi connectivity index (χ1v) is 6.08. The molecule has 0 atom stereocenters. The fraction of sp³-hybridized carbons (Fsp3) is 0.538. The molecule has 0 aliphatic rings. The Kier molecular flexibility index (Phi) is 5.10. The molecule has 0 spiro atoms. The van der Waals surface area contributed by atoms with Crippen LogP contribution < -0.4 is 5.73 Å². The second-order valence-electron chi connectivity index (χ2n) is 4.49. The first-order chi connectivity index (χ1) is 8.06. The third-order valence-electron chi connectivity index (χ3n) is 2.76. The summed E-state index contributed by atoms with van der Waals surface area (Å²) in [6, 6.07) is 4.37. The van der Waals surface area contributed by atoms with Gasteiger partial charge in [-0.25, -0.2) is 0 Å². The van der Waals surface area contributed by atoms with Crippen molar-refractivity contribution in [2.45, 2.75) is 39.8 Å². The number of nitrogens with two attached hydrogens (primary N) is 1. The van der Waals surface area contributed by atoms with E-state index in [9.17, 15) is 0 Å². The molecular formula is C13H22N4. The van der Waals surface area contributed by atoms with Gasteiger partial charge in [-0.2, -0.15) is 0 Å². The zero-order valence-electron chi connectivity index (χ0n) is 10.9. The number of aromatic nitrogens is 1. The van der Waals surface area contributed by atoms with Crippen LogP contribution in [-0.4, -0.2) is 28.3 Å². The van der Waals surface area contributed by atoms with Crippen molar-refractivity contribution in [3.8, 4) is 0 Å². The van der Waals surface area contributed by atoms with Crippen LogP contribution in [-0.2, 0) is 6.54 Å². The molecule has 0 saturated carbocycles. The van der Waals surface area contributed by atoms with Gasteiger partial charge in [0.05, 0.1) is 0 Å². The summed E-state index contributed by atoms with van der Waals surface area (Å²) in [5, 5.41) is 7.53. The highest BCUT2D eigenvalue weighted by atomic mass is 15.1. The highest BCUT2D eigenvalue weighted by Gasteiger charge is 2.13. The van der Waals surface area contributed by atoms with Crippen molar-refractivity contribution in [3.63, 3.8) is 0 Å². The van der Waals surface area contributed by atoms with Crippen LogP contribution in [0.25, 0.3) is 0 Å². The fourth-order valence-corrected chi connectivity index (χ4v) is 1.83. The van der Waals surface area contributed by atoms with Gasteiger partial charge in [0.25, 0.3) is 0 Å². The zero-order valence-corrected chi connectivity index (χ0v) is 10.9. The van der Waals surface area contributed by atoms with Crippen LogP contribution in [0.3, 0.4) is 0 Å². The van der Waals surface area contributed by atoms with Gasteiger partial charge in [0.2, 0.25) is 0 Å². The molecule has 0 aromatic carbocycles. The van der Waals surface area contributed by atoms with Gasteiger partial charge < -0.3 is 5.73 Å². The highest BCUT2D eigenvalue weighted by Crippen LogP contribution is 2.11. The average molecular weight is 234 g/mol. The van der Waals surface area contributed by atoms with Gasteiger partial charge in [0, 0.05) is 18.8 Å². The summed E-state index contributed by atoms with van der Waals surface area (Å²) in [5.41, 5.74) is 7.18. The zero-order chi connectivity index (χ0) is 12.8. The molecule has 94 valence electrons. The quantitative estimate of drug-likeness (QED) is 0.584. The standard InChI is InChI=1S/C13H22N4/c1-4-8-17(10(2)3)9-11-6-5-7-16-12(11)13(14)15/h5-7,10H,4,8-9H2,1-3H3,(H3,14,15). The minimum atomic E-state index is 0.0424. The summed E-state index contributed by atoms with van der Waals surface area (Å²) in [5.74, 6) is 0.0424. The molecule has 0 unspecified atom stereocenters. The van der Waals surface area contributed by atoms with Gasteiger partial charge in [-0.05, 0) is 38.4 Å². The third kappa shape index (κ3) is 3.82. The van der Waals surface area contributed by atoms with Crippen molar-refractivity contribution in [2.75, 3.05) is 6.54 Å². The van der Waals surface area contributed by atoms with Gasteiger partial charge in [0.15, 0.2) is 0 Å². The topological polar surface area (TPSA) is 66.0 Å². The van der Waals surface area contributed by atoms with Crippen LogP contribution in [0, 0.1) is 5.41 Å². The van der Waals surface area contributed by atoms with Gasteiger partial charge in [-0.3, -0.25) is 15.3 Å². The number of amidine groups is 1. The molecule has 3 N–H and O–H groups in total. The largest absolute Gasteiger partial charge is 0.382 e. The molecule has 0 saturated heterocycles. The lowest BCUT2D eigenvalue weighted by atomic mass is 10.1. The monoisotopic (exact) mass is 234 g/mol. The maximum Gasteiger partial charge on any atom is 0.142 e. The lowest BCUT2D eigenvalue weighted by Crippen LogP contribution is -2.32. The van der Waals surface area contributed by atoms with E-state index in [0.717, 1.165) is 25.1 Å². The molecule has 0 bridgehead atoms. The molecule has 17 heavy (non-hydrogen) atoms. The van der Waals surface area contributed by atoms with Crippen molar-refractivity contribution in [1.82, 2.24) is 9.88 Å². The second kappa shape index (κ2) is 6.35. The van der Waals surface area contributed by atoms with Gasteiger partial charge in [-0.1, -0.05) is 13.0 Å². The van der Waals surface area contributed by atoms with Crippen LogP contribution in [0.2, 0.25) is 0 Å². The van der Waals surface area contributed by atoms with Crippen LogP contribution in [0.4, 0.5) is 0 Å². The minimum absolute atomic E-state index is 0.0424. The van der Waals surface area contributed by atoms with E-state index in [-0.39, 0.29) is 5.84 Å². The first kappa shape index (κ1) is 13.6. The molecule has 0 fully saturated rings. The third-order valence-corrected chi connectivity index (χ3v) is 2.76. The second-order valence-corrected chi connectivity index (χ2v) is 4.49. The Morgan fingerprint density at radius 2 is 2.24 bits per heavy atom. The van der Waals surface area contributed by atoms with Crippen molar-refractivity contribution in [1.29, 1.82) is 5.41 Å². The average Bonchev–Trinajstić information content (AvgIpc) is 2.28. The Hall–Kier alpha value is -1.42. The first-order valence-electron chi connectivity index (χ1n) is 6.08. The Labute approximate surface area is 103 Å². The number of nitrogen functional groups attached to an aromatic ring is 1.